The minimum Gasteiger partial charge on any atom is -0.410 e. The molecular weight excluding hydrogens is 209 g/mol. The molecule has 82 valence electrons. The van der Waals surface area contributed by atoms with Gasteiger partial charge in [-0.25, -0.2) is 9.18 Å². The highest BCUT2D eigenvalue weighted by molar-refractivity contribution is 5.90. The fraction of sp³-hybridized carbons (Fsp3) is 0.0833. The summed E-state index contributed by atoms with van der Waals surface area (Å²) in [5.41, 5.74) is 0. The third-order valence-electron chi connectivity index (χ3n) is 2.24. The normalized spacial score (nSPS) is 10.1. The van der Waals surface area contributed by atoms with Crippen molar-refractivity contribution in [2.75, 3.05) is 7.05 Å². The second-order valence-electron chi connectivity index (χ2n) is 3.23. The smallest absolute Gasteiger partial charge is 0.410 e. The van der Waals surface area contributed by atoms with Crippen LogP contribution in [0.2, 0.25) is 0 Å². The number of ether oxygens (including phenoxy) is 1. The Bertz CT molecular complexity index is 540. The Morgan fingerprint density at radius 1 is 1.19 bits per heavy atom. The molecule has 2 aromatic carbocycles. The molecule has 0 unspecified atom stereocenters. The first-order chi connectivity index (χ1) is 7.72. The van der Waals surface area contributed by atoms with Crippen LogP contribution in [0.5, 0.6) is 5.75 Å². The van der Waals surface area contributed by atoms with Gasteiger partial charge in [0.15, 0.2) is 0 Å². The number of fused-ring (bicyclic) bond motifs is 1. The van der Waals surface area contributed by atoms with Crippen LogP contribution in [0.15, 0.2) is 36.4 Å². The highest BCUT2D eigenvalue weighted by Gasteiger charge is 2.08. The molecule has 4 heteroatoms. The number of carbonyl (C=O) groups is 1. The van der Waals surface area contributed by atoms with E-state index in [1.54, 1.807) is 30.3 Å². The van der Waals surface area contributed by atoms with Crippen molar-refractivity contribution in [3.05, 3.63) is 42.2 Å². The van der Waals surface area contributed by atoms with Crippen LogP contribution in [0.25, 0.3) is 10.8 Å². The van der Waals surface area contributed by atoms with Gasteiger partial charge in [0, 0.05) is 17.8 Å². The van der Waals surface area contributed by atoms with Crippen molar-refractivity contribution >= 4 is 16.9 Å². The van der Waals surface area contributed by atoms with Crippen LogP contribution in [0.1, 0.15) is 0 Å². The Kier molecular flexibility index (Phi) is 2.72. The lowest BCUT2D eigenvalue weighted by atomic mass is 10.1. The molecule has 1 amide bonds. The van der Waals surface area contributed by atoms with E-state index >= 15 is 0 Å². The van der Waals surface area contributed by atoms with Gasteiger partial charge in [0.25, 0.3) is 0 Å². The van der Waals surface area contributed by atoms with E-state index in [0.29, 0.717) is 16.5 Å². The van der Waals surface area contributed by atoms with Gasteiger partial charge in [-0.2, -0.15) is 0 Å². The summed E-state index contributed by atoms with van der Waals surface area (Å²) < 4.78 is 18.4. The van der Waals surface area contributed by atoms with Crippen molar-refractivity contribution in [3.63, 3.8) is 0 Å². The molecule has 0 aliphatic rings. The van der Waals surface area contributed by atoms with Crippen LogP contribution < -0.4 is 10.1 Å². The Hall–Kier alpha value is -2.10. The van der Waals surface area contributed by atoms with Gasteiger partial charge < -0.3 is 10.1 Å². The lowest BCUT2D eigenvalue weighted by Gasteiger charge is -2.07. The summed E-state index contributed by atoms with van der Waals surface area (Å²) >= 11 is 0. The molecule has 0 atom stereocenters. The highest BCUT2D eigenvalue weighted by Crippen LogP contribution is 2.27. The van der Waals surface area contributed by atoms with Gasteiger partial charge in [0.1, 0.15) is 11.6 Å². The summed E-state index contributed by atoms with van der Waals surface area (Å²) in [4.78, 5) is 11.1. The molecule has 0 saturated carbocycles. The number of benzene rings is 2. The van der Waals surface area contributed by atoms with Gasteiger partial charge in [-0.15, -0.1) is 0 Å². The average Bonchev–Trinajstić information content (AvgIpc) is 2.30. The molecule has 3 nitrogen and oxygen atoms in total. The molecule has 0 aliphatic heterocycles. The lowest BCUT2D eigenvalue weighted by Crippen LogP contribution is -2.22. The third-order valence-corrected chi connectivity index (χ3v) is 2.24. The van der Waals surface area contributed by atoms with E-state index in [1.165, 1.54) is 13.1 Å². The summed E-state index contributed by atoms with van der Waals surface area (Å²) in [7, 11) is 1.47. The van der Waals surface area contributed by atoms with E-state index in [0.717, 1.165) is 0 Å². The molecule has 1 N–H and O–H groups in total. The molecule has 0 fully saturated rings. The van der Waals surface area contributed by atoms with Crippen molar-refractivity contribution in [3.8, 4) is 5.75 Å². The minimum absolute atomic E-state index is 0.333. The number of hydrogen-bond acceptors (Lipinski definition) is 2. The van der Waals surface area contributed by atoms with Crippen molar-refractivity contribution in [1.82, 2.24) is 5.32 Å². The topological polar surface area (TPSA) is 38.3 Å². The summed E-state index contributed by atoms with van der Waals surface area (Å²) in [5, 5.41) is 3.35. The number of halogens is 1. The Morgan fingerprint density at radius 2 is 1.88 bits per heavy atom. The second kappa shape index (κ2) is 4.18. The number of rotatable bonds is 1. The maximum absolute atomic E-state index is 13.4. The highest BCUT2D eigenvalue weighted by atomic mass is 19.1. The summed E-state index contributed by atoms with van der Waals surface area (Å²) in [5.74, 6) is 0.0104. The van der Waals surface area contributed by atoms with E-state index in [1.807, 2.05) is 0 Å². The van der Waals surface area contributed by atoms with Gasteiger partial charge in [-0.05, 0) is 12.1 Å². The molecule has 0 spiro atoms. The molecule has 0 aliphatic carbocycles. The maximum atomic E-state index is 13.4. The number of carbonyl (C=O) groups excluding carboxylic acids is 1. The van der Waals surface area contributed by atoms with Crippen molar-refractivity contribution in [2.24, 2.45) is 0 Å². The fourth-order valence-electron chi connectivity index (χ4n) is 1.48. The third kappa shape index (κ3) is 1.82. The molecule has 0 aromatic heterocycles. The monoisotopic (exact) mass is 219 g/mol. The van der Waals surface area contributed by atoms with Crippen LogP contribution in [-0.4, -0.2) is 13.1 Å². The predicted molar refractivity (Wildman–Crippen MR) is 59.0 cm³/mol. The van der Waals surface area contributed by atoms with Crippen LogP contribution >= 0.6 is 0 Å². The molecular formula is C12H10FNO2. The van der Waals surface area contributed by atoms with E-state index < -0.39 is 6.09 Å². The molecule has 0 saturated heterocycles. The van der Waals surface area contributed by atoms with E-state index in [-0.39, 0.29) is 5.82 Å². The predicted octanol–water partition coefficient (Wildman–Crippen LogP) is 2.70. The molecule has 2 rings (SSSR count). The van der Waals surface area contributed by atoms with Gasteiger partial charge in [0.2, 0.25) is 0 Å². The van der Waals surface area contributed by atoms with E-state index in [2.05, 4.69) is 5.32 Å². The van der Waals surface area contributed by atoms with E-state index in [4.69, 9.17) is 4.74 Å². The maximum Gasteiger partial charge on any atom is 0.412 e. The zero-order valence-electron chi connectivity index (χ0n) is 8.66. The molecule has 2 aromatic rings. The Labute approximate surface area is 91.8 Å². The van der Waals surface area contributed by atoms with E-state index in [9.17, 15) is 9.18 Å². The van der Waals surface area contributed by atoms with Gasteiger partial charge in [-0.1, -0.05) is 24.3 Å². The number of hydrogen-bond donors (Lipinski definition) is 1. The largest absolute Gasteiger partial charge is 0.412 e. The first kappa shape index (κ1) is 10.4. The van der Waals surface area contributed by atoms with Gasteiger partial charge in [0.05, 0.1) is 0 Å². The Balaban J connectivity index is 2.54. The van der Waals surface area contributed by atoms with Crippen LogP contribution in [-0.2, 0) is 0 Å². The van der Waals surface area contributed by atoms with Gasteiger partial charge in [-0.3, -0.25) is 0 Å². The lowest BCUT2D eigenvalue weighted by molar-refractivity contribution is 0.203. The zero-order valence-corrected chi connectivity index (χ0v) is 8.66. The number of amides is 1. The summed E-state index contributed by atoms with van der Waals surface area (Å²) in [6.07, 6.45) is -0.572. The first-order valence-electron chi connectivity index (χ1n) is 4.79. The van der Waals surface area contributed by atoms with Gasteiger partial charge >= 0.3 is 6.09 Å². The SMILES string of the molecule is CNC(=O)Oc1cccc2c(F)cccc12. The molecule has 0 radical (unpaired) electrons. The zero-order chi connectivity index (χ0) is 11.5. The second-order valence-corrected chi connectivity index (χ2v) is 3.23. The quantitative estimate of drug-likeness (QED) is 0.800. The van der Waals surface area contributed by atoms with Crippen LogP contribution in [0.3, 0.4) is 0 Å². The van der Waals surface area contributed by atoms with Crippen LogP contribution in [0.4, 0.5) is 9.18 Å². The number of nitrogens with one attached hydrogen (secondary N) is 1. The summed E-state index contributed by atoms with van der Waals surface area (Å²) in [6.45, 7) is 0. The molecule has 0 bridgehead atoms. The molecule has 0 heterocycles. The van der Waals surface area contributed by atoms with Crippen molar-refractivity contribution in [2.45, 2.75) is 0 Å². The Morgan fingerprint density at radius 3 is 2.62 bits per heavy atom. The summed E-state index contributed by atoms with van der Waals surface area (Å²) in [6, 6.07) is 9.55. The van der Waals surface area contributed by atoms with Crippen LogP contribution in [0, 0.1) is 5.82 Å². The minimum atomic E-state index is -0.572. The fourth-order valence-corrected chi connectivity index (χ4v) is 1.48. The average molecular weight is 219 g/mol. The molecule has 16 heavy (non-hydrogen) atoms. The first-order valence-corrected chi connectivity index (χ1v) is 4.79. The standard InChI is InChI=1S/C12H10FNO2/c1-14-12(15)16-11-7-3-4-8-9(11)5-2-6-10(8)13/h2-7H,1H3,(H,14,15). The van der Waals surface area contributed by atoms with Crippen molar-refractivity contribution < 1.29 is 13.9 Å². The van der Waals surface area contributed by atoms with Crippen molar-refractivity contribution in [1.29, 1.82) is 0 Å².